The first-order chi connectivity index (χ1) is 43.7. The van der Waals surface area contributed by atoms with Crippen molar-refractivity contribution in [2.75, 3.05) is 74.2 Å². The maximum Gasteiger partial charge on any atom is 0.187 e. The fourth-order valence-corrected chi connectivity index (χ4v) is 11.8. The standard InChI is InChI=1S/C51H88O41/c1-75-8-16-22(58)27(63)33(69)48(84-16)88-39-18(9-76-2)85-50(35(71)29(39)65)90-41-19(10-77-3)86-51(37(73)43(41)92-47-32(68)26(62)21(57)13(5-53)81-47)87-38-14(6-54)83-49(34(70)28(38)64)91-42-36(72)45(78-11-17-23(59)24(60)30(66)44(74)79-17)82-15(7-55)40(42)89-46-31(67)25(61)20(56)12(4-52)80-46/h12-74H,4-11H2,1-3H3/t12-,13-,14-,15-,16-,17-,18-,19-,20-,21-,22-,23-,24+,25+,26+,27+,28-,29-,30-,31-,32-,33-,34-,35-,36-,37-,38-,39-,40-,41-,42-,43-,44+,45+,46+,47-,48-,49+,50-,51-/m1/s1. The molecule has 41 nitrogen and oxygen atoms in total. The Kier molecular flexibility index (Phi) is 27.7. The Morgan fingerprint density at radius 2 is 0.478 bits per heavy atom. The van der Waals surface area contributed by atoms with Gasteiger partial charge in [0.15, 0.2) is 50.3 Å². The molecular weight excluding hydrogens is 1270 g/mol. The number of hydrogen-bond acceptors (Lipinski definition) is 41. The van der Waals surface area contributed by atoms with Gasteiger partial charge < -0.3 is 203 Å². The zero-order valence-electron chi connectivity index (χ0n) is 49.4. The van der Waals surface area contributed by atoms with Gasteiger partial charge in [0.05, 0.1) is 52.9 Å². The normalized spacial score (nSPS) is 52.2. The largest absolute Gasteiger partial charge is 0.394 e. The highest BCUT2D eigenvalue weighted by Crippen LogP contribution is 2.40. The molecule has 8 heterocycles. The summed E-state index contributed by atoms with van der Waals surface area (Å²) in [5, 5.41) is 250. The summed E-state index contributed by atoms with van der Waals surface area (Å²) < 4.78 is 103. The fraction of sp³-hybridized carbons (Fsp3) is 1.00. The van der Waals surface area contributed by atoms with Gasteiger partial charge in [-0.05, 0) is 0 Å². The SMILES string of the molecule is COC[C@H]1O[C@H](O[C@H]2[C@H](O)[C@@H](O)[C@@H](O[C@H]3[C@H](O[C@H]4O[C@H](CO)[C@@H](O)[C@H](O)[C@H]4O)[C@@H](O)[C@@H](O[C@H]4[C@H](O)[C@@H](O)[C@H](O[C@@H]5[C@@H](O)[C@@H](OC[C@H]6O[C@H](O)[C@H](O)[C@@H](O)[C@@H]6O)O[C@H](CO)[C@H]5O[C@@H]5O[C@H](CO)[C@@H](O)[C@H](O)[C@H]5O)O[C@@H]4CO)O[C@@H]3COC)O[C@@H]2COC)[C@H](O)[C@@H](O)[C@@H]1O. The van der Waals surface area contributed by atoms with Gasteiger partial charge in [0.25, 0.3) is 0 Å². The van der Waals surface area contributed by atoms with Crippen LogP contribution in [0.1, 0.15) is 0 Å². The van der Waals surface area contributed by atoms with Gasteiger partial charge in [0, 0.05) is 21.3 Å². The molecule has 8 fully saturated rings. The van der Waals surface area contributed by atoms with Gasteiger partial charge in [-0.2, -0.15) is 0 Å². The molecule has 0 aliphatic carbocycles. The van der Waals surface area contributed by atoms with Crippen LogP contribution in [0.5, 0.6) is 0 Å². The van der Waals surface area contributed by atoms with Crippen LogP contribution in [0.25, 0.3) is 0 Å². The summed E-state index contributed by atoms with van der Waals surface area (Å²) >= 11 is 0. The van der Waals surface area contributed by atoms with E-state index in [9.17, 15) is 117 Å². The number of hydrogen-bond donors (Lipinski definition) is 23. The summed E-state index contributed by atoms with van der Waals surface area (Å²) in [5.41, 5.74) is 0. The second-order valence-corrected chi connectivity index (χ2v) is 23.2. The second kappa shape index (κ2) is 33.5. The summed E-state index contributed by atoms with van der Waals surface area (Å²) in [5.74, 6) is 0. The first-order valence-electron chi connectivity index (χ1n) is 29.3. The topological polar surface area (TPSA) is 631 Å². The monoisotopic (exact) mass is 1360 g/mol. The lowest BCUT2D eigenvalue weighted by Crippen LogP contribution is -2.69. The van der Waals surface area contributed by atoms with Gasteiger partial charge in [0.1, 0.15) is 195 Å². The summed E-state index contributed by atoms with van der Waals surface area (Å²) in [7, 11) is 3.62. The smallest absolute Gasteiger partial charge is 0.187 e. The predicted molar refractivity (Wildman–Crippen MR) is 279 cm³/mol. The molecule has 0 spiro atoms. The summed E-state index contributed by atoms with van der Waals surface area (Å²) in [6.45, 7) is -6.42. The van der Waals surface area contributed by atoms with E-state index in [0.717, 1.165) is 7.11 Å². The van der Waals surface area contributed by atoms with Crippen LogP contribution in [0.2, 0.25) is 0 Å². The molecule has 8 aliphatic heterocycles. The maximum absolute atomic E-state index is 12.4. The van der Waals surface area contributed by atoms with Crippen molar-refractivity contribution < 1.29 is 203 Å². The molecule has 0 aromatic rings. The highest BCUT2D eigenvalue weighted by molar-refractivity contribution is 5.02. The van der Waals surface area contributed by atoms with Gasteiger partial charge in [0.2, 0.25) is 0 Å². The van der Waals surface area contributed by atoms with E-state index in [-0.39, 0.29) is 6.61 Å². The molecule has 0 amide bonds. The minimum atomic E-state index is -2.40. The van der Waals surface area contributed by atoms with Crippen LogP contribution in [-0.4, -0.2) is 437 Å². The van der Waals surface area contributed by atoms with Gasteiger partial charge >= 0.3 is 0 Å². The molecule has 0 aromatic heterocycles. The van der Waals surface area contributed by atoms with Crippen molar-refractivity contribution in [3.8, 4) is 0 Å². The first-order valence-corrected chi connectivity index (χ1v) is 29.3. The van der Waals surface area contributed by atoms with E-state index in [1.165, 1.54) is 14.2 Å². The molecular formula is C51H88O41. The Bertz CT molecular complexity index is 2180. The van der Waals surface area contributed by atoms with Crippen molar-refractivity contribution in [1.29, 1.82) is 0 Å². The summed E-state index contributed by atoms with van der Waals surface area (Å²) in [6.07, 6.45) is -78.6. The van der Waals surface area contributed by atoms with Crippen molar-refractivity contribution in [1.82, 2.24) is 0 Å². The summed E-state index contributed by atoms with van der Waals surface area (Å²) in [4.78, 5) is 0. The molecule has 41 heteroatoms. The maximum atomic E-state index is 12.4. The Hall–Kier alpha value is -1.64. The third kappa shape index (κ3) is 16.1. The molecule has 23 N–H and O–H groups in total. The van der Waals surface area contributed by atoms with Gasteiger partial charge in [-0.1, -0.05) is 0 Å². The van der Waals surface area contributed by atoms with Gasteiger partial charge in [-0.25, -0.2) is 0 Å². The molecule has 0 radical (unpaired) electrons. The quantitative estimate of drug-likeness (QED) is 0.0404. The van der Waals surface area contributed by atoms with Crippen LogP contribution >= 0.6 is 0 Å². The summed E-state index contributed by atoms with van der Waals surface area (Å²) in [6, 6.07) is 0. The van der Waals surface area contributed by atoms with E-state index in [1.54, 1.807) is 0 Å². The van der Waals surface area contributed by atoms with Crippen molar-refractivity contribution in [3.63, 3.8) is 0 Å². The highest BCUT2D eigenvalue weighted by Gasteiger charge is 2.60. The lowest BCUT2D eigenvalue weighted by atomic mass is 9.94. The Morgan fingerprint density at radius 1 is 0.217 bits per heavy atom. The van der Waals surface area contributed by atoms with Crippen molar-refractivity contribution in [3.05, 3.63) is 0 Å². The molecule has 8 saturated heterocycles. The second-order valence-electron chi connectivity index (χ2n) is 23.2. The van der Waals surface area contributed by atoms with Crippen LogP contribution < -0.4 is 0 Å². The molecule has 40 atom stereocenters. The molecule has 0 aromatic carbocycles. The minimum Gasteiger partial charge on any atom is -0.394 e. The zero-order chi connectivity index (χ0) is 67.5. The molecule has 0 bridgehead atoms. The number of aliphatic hydroxyl groups excluding tert-OH is 23. The highest BCUT2D eigenvalue weighted by atomic mass is 16.8. The molecule has 8 rings (SSSR count). The van der Waals surface area contributed by atoms with Crippen molar-refractivity contribution >= 4 is 0 Å². The molecule has 92 heavy (non-hydrogen) atoms. The Labute approximate surface area is 521 Å². The van der Waals surface area contributed by atoms with Crippen molar-refractivity contribution in [2.24, 2.45) is 0 Å². The molecule has 8 aliphatic rings. The van der Waals surface area contributed by atoms with Gasteiger partial charge in [-0.3, -0.25) is 0 Å². The van der Waals surface area contributed by atoms with E-state index in [0.29, 0.717) is 0 Å². The van der Waals surface area contributed by atoms with Crippen LogP contribution in [0.3, 0.4) is 0 Å². The van der Waals surface area contributed by atoms with E-state index < -0.39 is 292 Å². The lowest BCUT2D eigenvalue weighted by Gasteiger charge is -2.51. The third-order valence-corrected chi connectivity index (χ3v) is 17.1. The fourth-order valence-electron chi connectivity index (χ4n) is 11.8. The van der Waals surface area contributed by atoms with E-state index in [4.69, 9.17) is 85.3 Å². The van der Waals surface area contributed by atoms with Crippen LogP contribution in [0, 0.1) is 0 Å². The number of ether oxygens (including phenoxy) is 18. The average Bonchev–Trinajstić information content (AvgIpc) is 0.775. The van der Waals surface area contributed by atoms with Gasteiger partial charge in [-0.15, -0.1) is 0 Å². The van der Waals surface area contributed by atoms with E-state index in [1.807, 2.05) is 0 Å². The van der Waals surface area contributed by atoms with Crippen LogP contribution in [-0.2, 0) is 85.3 Å². The first kappa shape index (κ1) is 76.1. The molecule has 538 valence electrons. The predicted octanol–water partition coefficient (Wildman–Crippen LogP) is -16.5. The Morgan fingerprint density at radius 3 is 0.902 bits per heavy atom. The average molecular weight is 1360 g/mol. The Balaban J connectivity index is 1.05. The van der Waals surface area contributed by atoms with Crippen LogP contribution in [0.4, 0.5) is 0 Å². The van der Waals surface area contributed by atoms with E-state index in [2.05, 4.69) is 0 Å². The lowest BCUT2D eigenvalue weighted by molar-refractivity contribution is -0.410. The molecule has 0 saturated carbocycles. The van der Waals surface area contributed by atoms with Crippen LogP contribution in [0.15, 0.2) is 0 Å². The third-order valence-electron chi connectivity index (χ3n) is 17.1. The van der Waals surface area contributed by atoms with E-state index >= 15 is 0 Å². The number of rotatable bonds is 25. The van der Waals surface area contributed by atoms with Crippen molar-refractivity contribution in [2.45, 2.75) is 246 Å². The molecule has 0 unspecified atom stereocenters. The zero-order valence-corrected chi connectivity index (χ0v) is 49.4. The number of aliphatic hydroxyl groups is 23. The minimum absolute atomic E-state index is 0.297. The number of methoxy groups -OCH3 is 3.